The maximum absolute atomic E-state index is 12.6. The lowest BCUT2D eigenvalue weighted by molar-refractivity contribution is 0.00578. The minimum absolute atomic E-state index is 0.0263. The average Bonchev–Trinajstić information content (AvgIpc) is 3.60. The van der Waals surface area contributed by atoms with E-state index < -0.39 is 47.4 Å². The molecule has 2 N–H and O–H groups in total. The summed E-state index contributed by atoms with van der Waals surface area (Å²) in [6, 6.07) is 14.9. The van der Waals surface area contributed by atoms with Crippen molar-refractivity contribution in [2.24, 2.45) is 0 Å². The summed E-state index contributed by atoms with van der Waals surface area (Å²) < 4.78 is 83.4. The third kappa shape index (κ3) is 14.1. The highest BCUT2D eigenvalue weighted by Crippen LogP contribution is 2.45. The van der Waals surface area contributed by atoms with Gasteiger partial charge in [0.1, 0.15) is 11.5 Å². The first-order valence-corrected chi connectivity index (χ1v) is 25.2. The average molecular weight is 945 g/mol. The van der Waals surface area contributed by atoms with E-state index in [1.54, 1.807) is 0 Å². The Morgan fingerprint density at radius 2 is 0.900 bits per heavy atom. The molecule has 60 heavy (non-hydrogen) atoms. The molecule has 0 aromatic heterocycles. The van der Waals surface area contributed by atoms with Gasteiger partial charge in [0.25, 0.3) is 0 Å². The van der Waals surface area contributed by atoms with Crippen LogP contribution in [0.5, 0.6) is 11.5 Å². The van der Waals surface area contributed by atoms with Crippen LogP contribution in [0.15, 0.2) is 53.0 Å². The Kier molecular flexibility index (Phi) is 18.7. The number of halogens is 1. The normalized spacial score (nSPS) is 22.4. The largest absolute Gasteiger partial charge is 0.494 e. The molecule has 2 unspecified atom stereocenters. The number of hydrogen-bond donors (Lipinski definition) is 2. The molecule has 5 rings (SSSR count). The molecule has 0 amide bonds. The number of ether oxygens (including phenoxy) is 2. The summed E-state index contributed by atoms with van der Waals surface area (Å²) in [6.07, 6.45) is 0.00658. The van der Waals surface area contributed by atoms with Crippen LogP contribution in [0.2, 0.25) is 0 Å². The molecule has 0 radical (unpaired) electrons. The Morgan fingerprint density at radius 3 is 1.25 bits per heavy atom. The monoisotopic (exact) mass is 944 g/mol. The summed E-state index contributed by atoms with van der Waals surface area (Å²) >= 11 is 3.35. The minimum Gasteiger partial charge on any atom is -0.482 e. The zero-order valence-corrected chi connectivity index (χ0v) is 42.1. The summed E-state index contributed by atoms with van der Waals surface area (Å²) in [7, 11) is -7.30. The molecule has 0 bridgehead atoms. The van der Waals surface area contributed by atoms with Crippen LogP contribution in [0.1, 0.15) is 111 Å². The van der Waals surface area contributed by atoms with Crippen LogP contribution >= 0.6 is 31.0 Å². The number of nitrogens with one attached hydrogen (secondary N) is 2. The fraction of sp³-hybridized carbons (Fsp3) is 0.700. The van der Waals surface area contributed by atoms with E-state index in [1.165, 1.54) is 0 Å². The van der Waals surface area contributed by atoms with Crippen molar-refractivity contribution in [1.82, 2.24) is 10.2 Å². The second-order valence-electron chi connectivity index (χ2n) is 17.6. The molecular weight excluding hydrogens is 875 g/mol. The predicted molar refractivity (Wildman–Crippen MR) is 245 cm³/mol. The first kappa shape index (κ1) is 53.1. The first-order chi connectivity index (χ1) is 27.6. The van der Waals surface area contributed by atoms with Crippen LogP contribution in [0.4, 0.5) is 0 Å². The van der Waals surface area contributed by atoms with Crippen LogP contribution in [0.25, 0.3) is 0 Å². The molecule has 14 nitrogen and oxygen atoms in total. The molecule has 2 atom stereocenters. The molecule has 0 saturated carbocycles. The second kappa shape index (κ2) is 21.2. The van der Waals surface area contributed by atoms with Crippen molar-refractivity contribution in [2.45, 2.75) is 144 Å². The molecule has 2 aromatic carbocycles. The van der Waals surface area contributed by atoms with Gasteiger partial charge in [-0.1, -0.05) is 48.0 Å². The van der Waals surface area contributed by atoms with Crippen molar-refractivity contribution < 1.29 is 55.6 Å². The third-order valence-corrected chi connectivity index (χ3v) is 15.6. The SMILES string of the molecule is CC1(C)OB(B2OC(C)(C)C(C)(C)O2)OC1(C)C.CCNP(=O)(COc1cccc(B2OC(C)(C)C(C)(C)O2)c1)OCC.CCNP(=O)(COc1cccc(Br)c1)OCC. The highest BCUT2D eigenvalue weighted by Gasteiger charge is 2.63. The molecule has 3 saturated heterocycles. The van der Waals surface area contributed by atoms with E-state index in [2.05, 4.69) is 26.1 Å². The maximum Gasteiger partial charge on any atom is 0.494 e. The summed E-state index contributed by atoms with van der Waals surface area (Å²) in [5.74, 6) is 1.27. The van der Waals surface area contributed by atoms with Gasteiger partial charge in [0.05, 0.1) is 46.8 Å². The lowest BCUT2D eigenvalue weighted by Crippen LogP contribution is -2.41. The summed E-state index contributed by atoms with van der Waals surface area (Å²) in [4.78, 5) is 0. The van der Waals surface area contributed by atoms with Gasteiger partial charge in [-0.3, -0.25) is 9.13 Å². The van der Waals surface area contributed by atoms with Crippen molar-refractivity contribution in [3.05, 3.63) is 53.0 Å². The molecule has 3 aliphatic heterocycles. The van der Waals surface area contributed by atoms with Gasteiger partial charge in [-0.2, -0.15) is 0 Å². The van der Waals surface area contributed by atoms with E-state index in [9.17, 15) is 9.13 Å². The molecule has 0 spiro atoms. The zero-order chi connectivity index (χ0) is 45.4. The van der Waals surface area contributed by atoms with E-state index in [4.69, 9.17) is 46.4 Å². The summed E-state index contributed by atoms with van der Waals surface area (Å²) in [5.41, 5.74) is -1.37. The Morgan fingerprint density at radius 1 is 0.550 bits per heavy atom. The Hall–Kier alpha value is -1.23. The molecule has 3 aliphatic rings. The fourth-order valence-corrected chi connectivity index (χ4v) is 9.09. The van der Waals surface area contributed by atoms with E-state index >= 15 is 0 Å². The van der Waals surface area contributed by atoms with Gasteiger partial charge in [0.2, 0.25) is 0 Å². The fourth-order valence-electron chi connectivity index (χ4n) is 5.76. The van der Waals surface area contributed by atoms with Crippen molar-refractivity contribution in [2.75, 3.05) is 39.0 Å². The Balaban J connectivity index is 0.000000247. The van der Waals surface area contributed by atoms with Gasteiger partial charge in [-0.05, 0) is 133 Å². The predicted octanol–water partition coefficient (Wildman–Crippen LogP) is 9.03. The molecule has 0 aliphatic carbocycles. The Labute approximate surface area is 369 Å². The molecule has 20 heteroatoms. The van der Waals surface area contributed by atoms with Gasteiger partial charge in [-0.25, -0.2) is 10.2 Å². The van der Waals surface area contributed by atoms with Gasteiger partial charge in [-0.15, -0.1) is 0 Å². The minimum atomic E-state index is -3.00. The molecular formula is C40H70B3BrN2O12P2. The van der Waals surface area contributed by atoms with Crippen molar-refractivity contribution in [3.8, 4) is 11.5 Å². The van der Waals surface area contributed by atoms with Crippen LogP contribution < -0.4 is 25.1 Å². The lowest BCUT2D eigenvalue weighted by Gasteiger charge is -2.32. The number of benzene rings is 2. The van der Waals surface area contributed by atoms with E-state index in [0.29, 0.717) is 37.8 Å². The van der Waals surface area contributed by atoms with Gasteiger partial charge >= 0.3 is 36.2 Å². The number of hydrogen-bond acceptors (Lipinski definition) is 12. The van der Waals surface area contributed by atoms with Gasteiger partial charge < -0.3 is 46.4 Å². The highest BCUT2D eigenvalue weighted by molar-refractivity contribution is 9.10. The molecule has 2 aromatic rings. The quantitative estimate of drug-likeness (QED) is 0.122. The summed E-state index contributed by atoms with van der Waals surface area (Å²) in [6.45, 7) is 33.5. The lowest BCUT2D eigenvalue weighted by atomic mass is 9.49. The van der Waals surface area contributed by atoms with E-state index in [1.807, 2.05) is 159 Å². The molecule has 3 fully saturated rings. The second-order valence-corrected chi connectivity index (χ2v) is 22.9. The third-order valence-electron chi connectivity index (χ3n) is 11.2. The van der Waals surface area contributed by atoms with Crippen LogP contribution in [0, 0.1) is 0 Å². The highest BCUT2D eigenvalue weighted by atomic mass is 79.9. The number of rotatable bonds is 16. The topological polar surface area (TPSA) is 150 Å². The van der Waals surface area contributed by atoms with Crippen LogP contribution in [-0.2, 0) is 46.1 Å². The van der Waals surface area contributed by atoms with Crippen molar-refractivity contribution >= 4 is 57.6 Å². The smallest absolute Gasteiger partial charge is 0.482 e. The van der Waals surface area contributed by atoms with E-state index in [-0.39, 0.29) is 35.1 Å². The standard InChI is InChI=1S/C17H29BNO5P.C12H24B2O4.C11H17BrNO3P/c1-7-19-25(20,22-8-2)13-21-15-11-9-10-14(12-15)18-23-16(3,4)17(5,6)24-18;1-9(2)10(3,4)16-13(15-9)14-17-11(5,6)12(7,8)18-14;1-3-13-17(14,16-4-2)9-15-11-7-5-6-10(12)8-11/h9-12H,7-8,13H2,1-6H3,(H,19,20);1-8H3;5-8H,3-4,9H2,1-2H3,(H,13,14). The van der Waals surface area contributed by atoms with Crippen molar-refractivity contribution in [1.29, 1.82) is 0 Å². The van der Waals surface area contributed by atoms with E-state index in [0.717, 1.165) is 9.94 Å². The van der Waals surface area contributed by atoms with Crippen molar-refractivity contribution in [3.63, 3.8) is 0 Å². The zero-order valence-electron chi connectivity index (χ0n) is 38.8. The first-order valence-electron chi connectivity index (χ1n) is 20.8. The maximum atomic E-state index is 12.6. The van der Waals surface area contributed by atoms with Gasteiger partial charge in [0.15, 0.2) is 12.7 Å². The molecule has 3 heterocycles. The Bertz CT molecular complexity index is 1690. The molecule has 338 valence electrons. The van der Waals surface area contributed by atoms with Crippen LogP contribution in [-0.4, -0.2) is 93.7 Å². The summed E-state index contributed by atoms with van der Waals surface area (Å²) in [5, 5.41) is 5.72. The van der Waals surface area contributed by atoms with Crippen LogP contribution in [0.3, 0.4) is 0 Å². The van der Waals surface area contributed by atoms with Gasteiger partial charge in [0, 0.05) is 17.6 Å².